The van der Waals surface area contributed by atoms with Crippen LogP contribution >= 0.6 is 11.6 Å². The Morgan fingerprint density at radius 2 is 0.881 bits per heavy atom. The first-order chi connectivity index (χ1) is 27.8. The smallest absolute Gasteiger partial charge is 0.200 e. The van der Waals surface area contributed by atoms with E-state index in [4.69, 9.17) is 11.6 Å². The number of H-pyrrole nitrogens is 2. The van der Waals surface area contributed by atoms with Crippen LogP contribution in [0.15, 0.2) is 56.8 Å². The molecule has 8 bridgehead atoms. The first kappa shape index (κ1) is 39.4. The maximum atomic E-state index is 15.7. The zero-order valence-electron chi connectivity index (χ0n) is 28.2. The van der Waals surface area contributed by atoms with Crippen molar-refractivity contribution in [1.82, 2.24) is 9.97 Å². The van der Waals surface area contributed by atoms with Crippen LogP contribution in [-0.4, -0.2) is 26.5 Å². The van der Waals surface area contributed by atoms with E-state index < -0.39 is 184 Å². The molecule has 0 radical (unpaired) electrons. The summed E-state index contributed by atoms with van der Waals surface area (Å²) in [6, 6.07) is 3.60. The fourth-order valence-electron chi connectivity index (χ4n) is 6.88. The summed E-state index contributed by atoms with van der Waals surface area (Å²) in [6.07, 6.45) is -0.354. The highest BCUT2D eigenvalue weighted by Crippen LogP contribution is 2.42. The third-order valence-electron chi connectivity index (χ3n) is 9.51. The summed E-state index contributed by atoms with van der Waals surface area (Å²) in [5.74, 6) is -37.3. The van der Waals surface area contributed by atoms with Gasteiger partial charge in [0.2, 0.25) is 17.5 Å². The Hall–Kier alpha value is -6.44. The number of hydrogen-bond donors (Lipinski definition) is 3. The van der Waals surface area contributed by atoms with E-state index in [2.05, 4.69) is 20.0 Å². The van der Waals surface area contributed by atoms with Crippen molar-refractivity contribution in [3.05, 3.63) is 173 Å². The lowest BCUT2D eigenvalue weighted by Gasteiger charge is -2.14. The maximum Gasteiger partial charge on any atom is 0.200 e. The Kier molecular flexibility index (Phi) is 9.24. The van der Waals surface area contributed by atoms with Crippen molar-refractivity contribution in [3.63, 3.8) is 0 Å². The molecule has 0 spiro atoms. The van der Waals surface area contributed by atoms with Crippen LogP contribution in [0, 0.1) is 87.3 Å². The van der Waals surface area contributed by atoms with Gasteiger partial charge in [0.1, 0.15) is 0 Å². The normalized spacial score (nSPS) is 16.1. The standard InChI is InChI=1S/C38H12ClF15N4O/c39-38(59)8-7-15-9-1-2-10(55-9)16(19-22(40)28(46)34(52)29(47)23(19)41)11-3-4-12(56-11)17(20-24(42)30(48)35(53)31(49)25(20)43)13-5-6-14(57-13)18(37(8)58-15)21-26(44)32(50)36(54)33(51)27(21)45/h1-2,5-7,55,57,59H,3-4H2/b16-11?,17-13?,18-14?,38-8-. The zero-order chi connectivity index (χ0) is 42.7. The van der Waals surface area contributed by atoms with E-state index in [1.165, 1.54) is 0 Å². The highest BCUT2D eigenvalue weighted by molar-refractivity contribution is 6.40. The van der Waals surface area contributed by atoms with E-state index >= 15 is 26.3 Å². The Morgan fingerprint density at radius 3 is 1.36 bits per heavy atom. The van der Waals surface area contributed by atoms with Crippen LogP contribution in [0.4, 0.5) is 65.9 Å². The number of fused-ring (bicyclic) bond motifs is 7. The molecule has 0 aliphatic carbocycles. The molecular weight excluding hydrogens is 849 g/mol. The quantitative estimate of drug-likeness (QED) is 0.0720. The van der Waals surface area contributed by atoms with Crippen molar-refractivity contribution in [1.29, 1.82) is 0 Å². The number of halogens is 16. The van der Waals surface area contributed by atoms with Crippen LogP contribution in [0.5, 0.6) is 0 Å². The Labute approximate surface area is 321 Å². The van der Waals surface area contributed by atoms with Gasteiger partial charge in [-0.25, -0.2) is 70.8 Å². The van der Waals surface area contributed by atoms with Gasteiger partial charge in [0, 0.05) is 33.1 Å². The number of rotatable bonds is 3. The van der Waals surface area contributed by atoms with E-state index in [1.807, 2.05) is 0 Å². The second kappa shape index (κ2) is 13.8. The minimum atomic E-state index is -2.62. The van der Waals surface area contributed by atoms with Crippen molar-refractivity contribution in [2.45, 2.75) is 12.8 Å². The molecular formula is C38H12ClF15N4O. The molecule has 0 saturated heterocycles. The third-order valence-corrected chi connectivity index (χ3v) is 9.71. The summed E-state index contributed by atoms with van der Waals surface area (Å²) < 4.78 is 225. The number of nitrogens with zero attached hydrogens (tertiary/aromatic N) is 2. The highest BCUT2D eigenvalue weighted by atomic mass is 35.5. The first-order valence-electron chi connectivity index (χ1n) is 16.2. The molecule has 2 aromatic heterocycles. The van der Waals surface area contributed by atoms with Crippen molar-refractivity contribution in [3.8, 4) is 0 Å². The number of benzene rings is 3. The Morgan fingerprint density at radius 1 is 0.475 bits per heavy atom. The summed E-state index contributed by atoms with van der Waals surface area (Å²) >= 11 is 5.90. The molecule has 3 aromatic carbocycles. The molecule has 3 N–H and O–H groups in total. The number of nitrogens with one attached hydrogen (secondary N) is 2. The van der Waals surface area contributed by atoms with E-state index in [0.717, 1.165) is 30.3 Å². The minimum Gasteiger partial charge on any atom is -0.498 e. The van der Waals surface area contributed by atoms with Crippen LogP contribution in [0.3, 0.4) is 0 Å². The minimum absolute atomic E-state index is 0.276. The van der Waals surface area contributed by atoms with Crippen LogP contribution < -0.4 is 10.7 Å². The second-order valence-electron chi connectivity index (χ2n) is 12.7. The fourth-order valence-corrected chi connectivity index (χ4v) is 7.02. The molecule has 0 fully saturated rings. The fraction of sp³-hybridized carbons (Fsp3) is 0.0526. The largest absolute Gasteiger partial charge is 0.498 e. The van der Waals surface area contributed by atoms with Crippen LogP contribution in [0.25, 0.3) is 22.4 Å². The molecule has 21 heteroatoms. The average molecular weight is 861 g/mol. The van der Waals surface area contributed by atoms with Gasteiger partial charge in [-0.05, 0) is 54.8 Å². The monoisotopic (exact) mass is 860 g/mol. The summed E-state index contributed by atoms with van der Waals surface area (Å²) in [5, 5.41) is 7.75. The van der Waals surface area contributed by atoms with Crippen LogP contribution in [0.2, 0.25) is 0 Å². The molecule has 59 heavy (non-hydrogen) atoms. The Bertz CT molecular complexity index is 2990. The topological polar surface area (TPSA) is 76.5 Å². The lowest BCUT2D eigenvalue weighted by molar-refractivity contribution is 0.376. The molecule has 5 heterocycles. The van der Waals surface area contributed by atoms with Crippen molar-refractivity contribution >= 4 is 45.4 Å². The molecule has 5 aromatic rings. The molecule has 5 nitrogen and oxygen atoms in total. The molecule has 3 aliphatic rings. The van der Waals surface area contributed by atoms with Gasteiger partial charge in [0.05, 0.1) is 50.8 Å². The number of aromatic amines is 2. The summed E-state index contributed by atoms with van der Waals surface area (Å²) in [6.45, 7) is 0. The van der Waals surface area contributed by atoms with Crippen molar-refractivity contribution < 1.29 is 71.0 Å². The molecule has 8 rings (SSSR count). The van der Waals surface area contributed by atoms with E-state index in [-0.39, 0.29) is 5.69 Å². The van der Waals surface area contributed by atoms with E-state index in [1.54, 1.807) is 0 Å². The molecule has 0 unspecified atom stereocenters. The molecule has 0 saturated carbocycles. The molecule has 302 valence electrons. The van der Waals surface area contributed by atoms with Gasteiger partial charge in [0.25, 0.3) is 0 Å². The Balaban J connectivity index is 1.61. The van der Waals surface area contributed by atoms with Gasteiger partial charge in [-0.15, -0.1) is 0 Å². The molecule has 0 amide bonds. The number of aliphatic imine (C=N–C) groups is 2. The van der Waals surface area contributed by atoms with Crippen LogP contribution in [0.1, 0.15) is 40.9 Å². The first-order valence-corrected chi connectivity index (χ1v) is 16.6. The maximum absolute atomic E-state index is 15.7. The lowest BCUT2D eigenvalue weighted by atomic mass is 9.95. The van der Waals surface area contributed by atoms with E-state index in [9.17, 15) is 44.6 Å². The number of aliphatic hydroxyl groups excluding tert-OH is 1. The summed E-state index contributed by atoms with van der Waals surface area (Å²) in [4.78, 5) is 13.2. The number of hydrogen-bond acceptors (Lipinski definition) is 3. The van der Waals surface area contributed by atoms with Crippen LogP contribution in [-0.2, 0) is 0 Å². The predicted molar refractivity (Wildman–Crippen MR) is 178 cm³/mol. The van der Waals surface area contributed by atoms with E-state index in [0.29, 0.717) is 0 Å². The number of aliphatic hydroxyl groups is 1. The van der Waals surface area contributed by atoms with Crippen molar-refractivity contribution in [2.24, 2.45) is 9.98 Å². The highest BCUT2D eigenvalue weighted by Gasteiger charge is 2.37. The van der Waals surface area contributed by atoms with Gasteiger partial charge >= 0.3 is 0 Å². The second-order valence-corrected chi connectivity index (χ2v) is 13.1. The summed E-state index contributed by atoms with van der Waals surface area (Å²) in [7, 11) is 0. The molecule has 0 atom stereocenters. The SMILES string of the molecule is O/C(Cl)=C1/C=C2N=C1C(c1c(F)c(F)c(F)c(F)c1F)=c1ccc([nH]1)=C(c1c(F)c(F)c(F)c(F)c1F)C1=NC(=C(c3c(F)c(F)c(F)c(F)c3F)c3ccc2[nH]3)CC1. The van der Waals surface area contributed by atoms with Gasteiger partial charge < -0.3 is 15.1 Å². The number of allylic oxidation sites excluding steroid dienone is 3. The zero-order valence-corrected chi connectivity index (χ0v) is 28.9. The van der Waals surface area contributed by atoms with Gasteiger partial charge in [-0.1, -0.05) is 0 Å². The van der Waals surface area contributed by atoms with Gasteiger partial charge in [-0.2, -0.15) is 0 Å². The summed E-state index contributed by atoms with van der Waals surface area (Å²) in [5.41, 5.74) is -12.2. The average Bonchev–Trinajstić information content (AvgIpc) is 4.05. The number of aromatic nitrogens is 2. The molecule has 3 aliphatic heterocycles. The lowest BCUT2D eigenvalue weighted by Crippen LogP contribution is -2.25. The van der Waals surface area contributed by atoms with Gasteiger partial charge in [-0.3, -0.25) is 4.99 Å². The predicted octanol–water partition coefficient (Wildman–Crippen LogP) is 9.34. The third kappa shape index (κ3) is 5.74. The van der Waals surface area contributed by atoms with Crippen molar-refractivity contribution in [2.75, 3.05) is 0 Å². The van der Waals surface area contributed by atoms with Gasteiger partial charge in [0.15, 0.2) is 75.0 Å².